The number of aromatic nitrogens is 3. The third-order valence-corrected chi connectivity index (χ3v) is 3.80. The fourth-order valence-corrected chi connectivity index (χ4v) is 2.81. The van der Waals surface area contributed by atoms with Crippen LogP contribution in [-0.4, -0.2) is 33.1 Å². The molecule has 1 saturated carbocycles. The fraction of sp³-hybridized carbons (Fsp3) is 0.462. The number of anilines is 1. The van der Waals surface area contributed by atoms with E-state index >= 15 is 0 Å². The van der Waals surface area contributed by atoms with E-state index in [1.807, 2.05) is 12.1 Å². The summed E-state index contributed by atoms with van der Waals surface area (Å²) in [6, 6.07) is 3.78. The molecule has 1 aliphatic carbocycles. The lowest BCUT2D eigenvalue weighted by molar-refractivity contribution is -0.142. The third-order valence-electron chi connectivity index (χ3n) is 3.80. The summed E-state index contributed by atoms with van der Waals surface area (Å²) < 4.78 is 0. The van der Waals surface area contributed by atoms with Crippen LogP contribution in [0, 0.1) is 5.92 Å². The molecule has 1 fully saturated rings. The van der Waals surface area contributed by atoms with Crippen molar-refractivity contribution < 1.29 is 9.90 Å². The third kappa shape index (κ3) is 2.03. The normalized spacial score (nSPS) is 22.8. The smallest absolute Gasteiger partial charge is 0.307 e. The number of nitrogens with zero attached hydrogens (tertiary/aromatic N) is 2. The van der Waals surface area contributed by atoms with Crippen LogP contribution >= 0.6 is 0 Å². The first-order chi connectivity index (χ1) is 9.19. The Morgan fingerprint density at radius 2 is 2.26 bits per heavy atom. The Morgan fingerprint density at radius 1 is 1.42 bits per heavy atom. The second kappa shape index (κ2) is 4.53. The Hall–Kier alpha value is -2.11. The van der Waals surface area contributed by atoms with Gasteiger partial charge < -0.3 is 15.4 Å². The predicted molar refractivity (Wildman–Crippen MR) is 71.2 cm³/mol. The van der Waals surface area contributed by atoms with Crippen molar-refractivity contribution in [1.82, 2.24) is 15.0 Å². The molecule has 0 aliphatic heterocycles. The molecule has 100 valence electrons. The van der Waals surface area contributed by atoms with Crippen molar-refractivity contribution in [3.8, 4) is 0 Å². The van der Waals surface area contributed by atoms with Gasteiger partial charge in [-0.05, 0) is 25.0 Å². The van der Waals surface area contributed by atoms with E-state index in [-0.39, 0.29) is 11.8 Å². The minimum absolute atomic E-state index is 0.0234. The minimum atomic E-state index is -0.730. The number of aromatic amines is 1. The number of H-pyrrole nitrogens is 1. The van der Waals surface area contributed by atoms with Crippen LogP contribution in [0.25, 0.3) is 11.2 Å². The standard InChI is InChI=1S/C13H16N4O2/c1-14-10-6-5-9-12(16-10)17-11(15-9)7-3-2-4-8(7)13(18)19/h5-8H,2-4H2,1H3,(H,18,19)(H2,14,15,16,17). The maximum atomic E-state index is 11.2. The van der Waals surface area contributed by atoms with E-state index in [9.17, 15) is 9.90 Å². The first-order valence-electron chi connectivity index (χ1n) is 6.46. The molecular formula is C13H16N4O2. The number of carboxylic acid groups (broad SMARTS) is 1. The number of fused-ring (bicyclic) bond motifs is 1. The molecule has 0 amide bonds. The average Bonchev–Trinajstić information content (AvgIpc) is 3.03. The van der Waals surface area contributed by atoms with Gasteiger partial charge in [0.1, 0.15) is 11.6 Å². The van der Waals surface area contributed by atoms with Crippen LogP contribution in [0.3, 0.4) is 0 Å². The zero-order chi connectivity index (χ0) is 13.4. The first kappa shape index (κ1) is 12.0. The summed E-state index contributed by atoms with van der Waals surface area (Å²) in [5.41, 5.74) is 1.49. The maximum absolute atomic E-state index is 11.2. The second-order valence-corrected chi connectivity index (χ2v) is 4.92. The molecule has 1 aliphatic rings. The van der Waals surface area contributed by atoms with Gasteiger partial charge in [0.2, 0.25) is 0 Å². The molecule has 2 aromatic rings. The lowest BCUT2D eigenvalue weighted by atomic mass is 9.96. The van der Waals surface area contributed by atoms with Crippen molar-refractivity contribution in [3.05, 3.63) is 18.0 Å². The molecule has 3 rings (SSSR count). The maximum Gasteiger partial charge on any atom is 0.307 e. The topological polar surface area (TPSA) is 90.9 Å². The number of pyridine rings is 1. The van der Waals surface area contributed by atoms with Gasteiger partial charge in [-0.3, -0.25) is 4.79 Å². The van der Waals surface area contributed by atoms with Gasteiger partial charge in [0.25, 0.3) is 0 Å². The zero-order valence-corrected chi connectivity index (χ0v) is 10.7. The van der Waals surface area contributed by atoms with Gasteiger partial charge in [-0.1, -0.05) is 6.42 Å². The summed E-state index contributed by atoms with van der Waals surface area (Å²) in [4.78, 5) is 23.3. The molecule has 0 bridgehead atoms. The summed E-state index contributed by atoms with van der Waals surface area (Å²) in [7, 11) is 1.80. The van der Waals surface area contributed by atoms with E-state index in [2.05, 4.69) is 20.3 Å². The number of imidazole rings is 1. The lowest BCUT2D eigenvalue weighted by Crippen LogP contribution is -2.17. The van der Waals surface area contributed by atoms with Gasteiger partial charge in [-0.25, -0.2) is 9.97 Å². The van der Waals surface area contributed by atoms with Crippen LogP contribution in [0.4, 0.5) is 5.82 Å². The molecule has 2 unspecified atom stereocenters. The molecule has 0 spiro atoms. The molecule has 0 aromatic carbocycles. The Labute approximate surface area is 110 Å². The average molecular weight is 260 g/mol. The number of rotatable bonds is 3. The highest BCUT2D eigenvalue weighted by Crippen LogP contribution is 2.38. The highest BCUT2D eigenvalue weighted by molar-refractivity contribution is 5.74. The van der Waals surface area contributed by atoms with Gasteiger partial charge in [0.15, 0.2) is 5.65 Å². The number of hydrogen-bond acceptors (Lipinski definition) is 4. The van der Waals surface area contributed by atoms with Crippen LogP contribution in [0.2, 0.25) is 0 Å². The summed E-state index contributed by atoms with van der Waals surface area (Å²) >= 11 is 0. The van der Waals surface area contributed by atoms with Crippen LogP contribution in [0.1, 0.15) is 31.0 Å². The quantitative estimate of drug-likeness (QED) is 0.784. The highest BCUT2D eigenvalue weighted by atomic mass is 16.4. The zero-order valence-electron chi connectivity index (χ0n) is 10.7. The van der Waals surface area contributed by atoms with Crippen molar-refractivity contribution in [3.63, 3.8) is 0 Å². The summed E-state index contributed by atoms with van der Waals surface area (Å²) in [5.74, 6) is 0.424. The molecule has 2 aromatic heterocycles. The van der Waals surface area contributed by atoms with Crippen LogP contribution in [-0.2, 0) is 4.79 Å². The van der Waals surface area contributed by atoms with Crippen molar-refractivity contribution in [2.75, 3.05) is 12.4 Å². The van der Waals surface area contributed by atoms with E-state index in [0.717, 1.165) is 36.4 Å². The monoisotopic (exact) mass is 260 g/mol. The van der Waals surface area contributed by atoms with Crippen molar-refractivity contribution >= 4 is 23.0 Å². The molecule has 0 saturated heterocycles. The predicted octanol–water partition coefficient (Wildman–Crippen LogP) is 1.97. The summed E-state index contributed by atoms with van der Waals surface area (Å²) in [6.07, 6.45) is 2.54. The Morgan fingerprint density at radius 3 is 3.00 bits per heavy atom. The van der Waals surface area contributed by atoms with E-state index in [4.69, 9.17) is 0 Å². The number of nitrogens with one attached hydrogen (secondary N) is 2. The van der Waals surface area contributed by atoms with Crippen LogP contribution < -0.4 is 5.32 Å². The van der Waals surface area contributed by atoms with Crippen LogP contribution in [0.5, 0.6) is 0 Å². The fourth-order valence-electron chi connectivity index (χ4n) is 2.81. The summed E-state index contributed by atoms with van der Waals surface area (Å²) in [5, 5.41) is 12.2. The highest BCUT2D eigenvalue weighted by Gasteiger charge is 2.35. The first-order valence-corrected chi connectivity index (χ1v) is 6.46. The van der Waals surface area contributed by atoms with E-state index < -0.39 is 5.97 Å². The molecule has 19 heavy (non-hydrogen) atoms. The lowest BCUT2D eigenvalue weighted by Gasteiger charge is -2.12. The van der Waals surface area contributed by atoms with Gasteiger partial charge in [-0.2, -0.15) is 0 Å². The SMILES string of the molecule is CNc1ccc2[nH]c(C3CCCC3C(=O)O)nc2n1. The van der Waals surface area contributed by atoms with Crippen molar-refractivity contribution in [2.45, 2.75) is 25.2 Å². The molecular weight excluding hydrogens is 244 g/mol. The number of aliphatic carboxylic acids is 1. The van der Waals surface area contributed by atoms with Gasteiger partial charge >= 0.3 is 5.97 Å². The second-order valence-electron chi connectivity index (χ2n) is 4.92. The number of carboxylic acids is 1. The van der Waals surface area contributed by atoms with E-state index in [1.54, 1.807) is 7.05 Å². The Balaban J connectivity index is 1.98. The van der Waals surface area contributed by atoms with E-state index in [1.165, 1.54) is 0 Å². The summed E-state index contributed by atoms with van der Waals surface area (Å²) in [6.45, 7) is 0. The van der Waals surface area contributed by atoms with Gasteiger partial charge in [0, 0.05) is 13.0 Å². The number of hydrogen-bond donors (Lipinski definition) is 3. The Kier molecular flexibility index (Phi) is 2.85. The molecule has 6 nitrogen and oxygen atoms in total. The van der Waals surface area contributed by atoms with Gasteiger partial charge in [0.05, 0.1) is 11.4 Å². The molecule has 0 radical (unpaired) electrons. The van der Waals surface area contributed by atoms with Crippen LogP contribution in [0.15, 0.2) is 12.1 Å². The van der Waals surface area contributed by atoms with E-state index in [0.29, 0.717) is 5.65 Å². The molecule has 6 heteroatoms. The Bertz CT molecular complexity index is 622. The van der Waals surface area contributed by atoms with Crippen molar-refractivity contribution in [1.29, 1.82) is 0 Å². The molecule has 3 N–H and O–H groups in total. The largest absolute Gasteiger partial charge is 0.481 e. The molecule has 2 heterocycles. The van der Waals surface area contributed by atoms with Gasteiger partial charge in [-0.15, -0.1) is 0 Å². The van der Waals surface area contributed by atoms with Crippen molar-refractivity contribution in [2.24, 2.45) is 5.92 Å². The number of carbonyl (C=O) groups is 1. The minimum Gasteiger partial charge on any atom is -0.481 e. The molecule has 2 atom stereocenters.